The highest BCUT2D eigenvalue weighted by Gasteiger charge is 2.29. The fourth-order valence-electron chi connectivity index (χ4n) is 3.44. The first-order valence-electron chi connectivity index (χ1n) is 9.27. The Hall–Kier alpha value is -2.74. The molecule has 0 atom stereocenters. The van der Waals surface area contributed by atoms with Crippen molar-refractivity contribution in [1.29, 1.82) is 0 Å². The molecule has 2 nitrogen and oxygen atoms in total. The standard InChI is InChI=1S/C24H27N2/c1-5-26-17-19-11-9-10-14-22(19)20(18-26)15-16-23(25-4)24(2,3)21-12-7-6-8-13-21/h6-18H,5H2,1-4H3/q+1/p+1/b16-15+,25-23?. The molecule has 0 radical (unpaired) electrons. The average molecular weight is 345 g/mol. The van der Waals surface area contributed by atoms with Crippen LogP contribution in [0.25, 0.3) is 16.8 Å². The van der Waals surface area contributed by atoms with Crippen LogP contribution in [0, 0.1) is 0 Å². The lowest BCUT2D eigenvalue weighted by molar-refractivity contribution is -0.692. The van der Waals surface area contributed by atoms with E-state index < -0.39 is 0 Å². The molecule has 1 heterocycles. The van der Waals surface area contributed by atoms with Gasteiger partial charge in [0.2, 0.25) is 0 Å². The van der Waals surface area contributed by atoms with Crippen LogP contribution in [0.3, 0.4) is 0 Å². The molecule has 0 aliphatic rings. The lowest BCUT2D eigenvalue weighted by atomic mass is 9.79. The number of benzene rings is 2. The highest BCUT2D eigenvalue weighted by molar-refractivity contribution is 6.03. The van der Waals surface area contributed by atoms with Crippen molar-refractivity contribution in [3.05, 3.63) is 84.2 Å². The summed E-state index contributed by atoms with van der Waals surface area (Å²) in [6, 6.07) is 19.2. The molecule has 1 aromatic heterocycles. The molecule has 0 fully saturated rings. The smallest absolute Gasteiger partial charge is 0.184 e. The van der Waals surface area contributed by atoms with Gasteiger partial charge in [-0.25, -0.2) is 9.56 Å². The Morgan fingerprint density at radius 2 is 1.69 bits per heavy atom. The van der Waals surface area contributed by atoms with Crippen LogP contribution >= 0.6 is 0 Å². The van der Waals surface area contributed by atoms with Crippen molar-refractivity contribution < 1.29 is 9.56 Å². The molecule has 0 bridgehead atoms. The molecule has 132 valence electrons. The van der Waals surface area contributed by atoms with Gasteiger partial charge in [0.25, 0.3) is 0 Å². The summed E-state index contributed by atoms with van der Waals surface area (Å²) in [5, 5.41) is 2.55. The van der Waals surface area contributed by atoms with E-state index in [0.29, 0.717) is 0 Å². The van der Waals surface area contributed by atoms with Crippen molar-refractivity contribution in [3.63, 3.8) is 0 Å². The number of hydrogen-bond acceptors (Lipinski definition) is 0. The van der Waals surface area contributed by atoms with Crippen molar-refractivity contribution in [2.75, 3.05) is 7.05 Å². The van der Waals surface area contributed by atoms with E-state index >= 15 is 0 Å². The number of fused-ring (bicyclic) bond motifs is 1. The average Bonchev–Trinajstić information content (AvgIpc) is 2.68. The van der Waals surface area contributed by atoms with Crippen LogP contribution in [0.2, 0.25) is 0 Å². The maximum absolute atomic E-state index is 3.41. The maximum atomic E-state index is 3.41. The number of allylic oxidation sites excluding steroid dienone is 1. The Morgan fingerprint density at radius 1 is 1.00 bits per heavy atom. The summed E-state index contributed by atoms with van der Waals surface area (Å²) >= 11 is 0. The molecule has 3 rings (SSSR count). The number of nitrogens with zero attached hydrogens (tertiary/aromatic N) is 1. The van der Waals surface area contributed by atoms with Gasteiger partial charge in [-0.1, -0.05) is 48.5 Å². The monoisotopic (exact) mass is 344 g/mol. The third-order valence-corrected chi connectivity index (χ3v) is 5.11. The quantitative estimate of drug-likeness (QED) is 0.541. The molecule has 2 aromatic carbocycles. The number of rotatable bonds is 5. The highest BCUT2D eigenvalue weighted by atomic mass is 14.9. The molecule has 0 spiro atoms. The Balaban J connectivity index is 2.02. The minimum absolute atomic E-state index is 0.0855. The molecule has 0 aliphatic heterocycles. The van der Waals surface area contributed by atoms with E-state index in [2.05, 4.69) is 109 Å². The number of aromatic nitrogens is 1. The lowest BCUT2D eigenvalue weighted by Gasteiger charge is -2.21. The molecule has 1 N–H and O–H groups in total. The van der Waals surface area contributed by atoms with E-state index in [0.717, 1.165) is 6.54 Å². The molecular weight excluding hydrogens is 316 g/mol. The summed E-state index contributed by atoms with van der Waals surface area (Å²) in [5.74, 6) is 0. The highest BCUT2D eigenvalue weighted by Crippen LogP contribution is 2.24. The second-order valence-electron chi connectivity index (χ2n) is 7.12. The second kappa shape index (κ2) is 7.65. The summed E-state index contributed by atoms with van der Waals surface area (Å²) < 4.78 is 2.24. The third-order valence-electron chi connectivity index (χ3n) is 5.11. The van der Waals surface area contributed by atoms with Crippen LogP contribution in [0.1, 0.15) is 31.9 Å². The zero-order chi connectivity index (χ0) is 18.6. The zero-order valence-electron chi connectivity index (χ0n) is 16.2. The van der Waals surface area contributed by atoms with Gasteiger partial charge in [0.15, 0.2) is 18.1 Å². The molecule has 3 aromatic rings. The normalized spacial score (nSPS) is 12.8. The first kappa shape index (κ1) is 18.1. The van der Waals surface area contributed by atoms with Gasteiger partial charge in [-0.2, -0.15) is 0 Å². The number of aryl methyl sites for hydroxylation is 1. The van der Waals surface area contributed by atoms with Crippen LogP contribution < -0.4 is 9.56 Å². The largest absolute Gasteiger partial charge is 0.248 e. The van der Waals surface area contributed by atoms with Gasteiger partial charge < -0.3 is 0 Å². The van der Waals surface area contributed by atoms with Crippen LogP contribution in [-0.4, -0.2) is 12.8 Å². The van der Waals surface area contributed by atoms with E-state index in [9.17, 15) is 0 Å². The van der Waals surface area contributed by atoms with Gasteiger partial charge in [0, 0.05) is 22.4 Å². The van der Waals surface area contributed by atoms with E-state index in [4.69, 9.17) is 0 Å². The molecule has 0 saturated heterocycles. The van der Waals surface area contributed by atoms with Crippen LogP contribution in [0.4, 0.5) is 0 Å². The van der Waals surface area contributed by atoms with Gasteiger partial charge in [0.05, 0.1) is 5.41 Å². The molecule has 2 heteroatoms. The summed E-state index contributed by atoms with van der Waals surface area (Å²) in [6.07, 6.45) is 8.88. The molecule has 0 saturated carbocycles. The SMILES string of the molecule is CC[n+]1cc(/C=C/C(=[NH+]C)C(C)(C)c2ccccc2)c2ccccc2c1. The predicted molar refractivity (Wildman–Crippen MR) is 110 cm³/mol. The molecule has 0 aliphatic carbocycles. The van der Waals surface area contributed by atoms with Gasteiger partial charge >= 0.3 is 0 Å². The third kappa shape index (κ3) is 3.60. The lowest BCUT2D eigenvalue weighted by Crippen LogP contribution is -2.71. The van der Waals surface area contributed by atoms with Crippen molar-refractivity contribution >= 4 is 22.6 Å². The first-order chi connectivity index (χ1) is 12.6. The predicted octanol–water partition coefficient (Wildman–Crippen LogP) is 3.29. The first-order valence-corrected chi connectivity index (χ1v) is 9.27. The Morgan fingerprint density at radius 3 is 2.38 bits per heavy atom. The van der Waals surface area contributed by atoms with E-state index in [1.165, 1.54) is 27.6 Å². The fraction of sp³-hybridized carbons (Fsp3) is 0.250. The van der Waals surface area contributed by atoms with Crippen molar-refractivity contribution in [2.24, 2.45) is 0 Å². The molecule has 0 unspecified atom stereocenters. The molecule has 26 heavy (non-hydrogen) atoms. The zero-order valence-corrected chi connectivity index (χ0v) is 16.2. The van der Waals surface area contributed by atoms with E-state index in [1.54, 1.807) is 0 Å². The molecule has 0 amide bonds. The van der Waals surface area contributed by atoms with Crippen molar-refractivity contribution in [2.45, 2.75) is 32.7 Å². The van der Waals surface area contributed by atoms with E-state index in [1.807, 2.05) is 7.05 Å². The summed E-state index contributed by atoms with van der Waals surface area (Å²) in [6.45, 7) is 7.65. The number of pyridine rings is 1. The van der Waals surface area contributed by atoms with Crippen LogP contribution in [0.5, 0.6) is 0 Å². The summed E-state index contributed by atoms with van der Waals surface area (Å²) in [4.78, 5) is 3.41. The Labute approximate surface area is 156 Å². The van der Waals surface area contributed by atoms with Gasteiger partial charge in [-0.05, 0) is 38.5 Å². The minimum atomic E-state index is -0.0855. The number of nitrogens with one attached hydrogen (secondary N) is 1. The molecular formula is C24H28N2+2. The minimum Gasteiger partial charge on any atom is -0.248 e. The van der Waals surface area contributed by atoms with Crippen molar-refractivity contribution in [3.8, 4) is 0 Å². The topological polar surface area (TPSA) is 17.9 Å². The second-order valence-corrected chi connectivity index (χ2v) is 7.12. The van der Waals surface area contributed by atoms with Gasteiger partial charge in [-0.3, -0.25) is 0 Å². The Kier molecular flexibility index (Phi) is 5.32. The van der Waals surface area contributed by atoms with Gasteiger partial charge in [-0.15, -0.1) is 0 Å². The van der Waals surface area contributed by atoms with Crippen LogP contribution in [-0.2, 0) is 12.0 Å². The van der Waals surface area contributed by atoms with E-state index in [-0.39, 0.29) is 5.41 Å². The fourth-order valence-corrected chi connectivity index (χ4v) is 3.44. The van der Waals surface area contributed by atoms with Gasteiger partial charge in [0.1, 0.15) is 13.6 Å². The van der Waals surface area contributed by atoms with Crippen LogP contribution in [0.15, 0.2) is 73.1 Å². The van der Waals surface area contributed by atoms with Crippen molar-refractivity contribution in [1.82, 2.24) is 0 Å². The maximum Gasteiger partial charge on any atom is 0.184 e. The summed E-state index contributed by atoms with van der Waals surface area (Å²) in [7, 11) is 2.00. The Bertz CT molecular complexity index is 950. The summed E-state index contributed by atoms with van der Waals surface area (Å²) in [5.41, 5.74) is 3.65. The number of hydrogen-bond donors (Lipinski definition) is 1.